The molecule has 0 bridgehead atoms. The van der Waals surface area contributed by atoms with Gasteiger partial charge in [0.1, 0.15) is 10.7 Å². The highest BCUT2D eigenvalue weighted by Gasteiger charge is 2.42. The lowest BCUT2D eigenvalue weighted by Crippen LogP contribution is -2.38. The van der Waals surface area contributed by atoms with E-state index in [9.17, 15) is 14.4 Å². The summed E-state index contributed by atoms with van der Waals surface area (Å²) in [5, 5.41) is -0.0514. The van der Waals surface area contributed by atoms with Gasteiger partial charge < -0.3 is 9.64 Å². The van der Waals surface area contributed by atoms with Gasteiger partial charge in [0.05, 0.1) is 17.9 Å². The number of rotatable bonds is 6. The molecule has 1 aromatic carbocycles. The molecule has 1 aliphatic heterocycles. The van der Waals surface area contributed by atoms with Crippen molar-refractivity contribution in [3.8, 4) is 0 Å². The van der Waals surface area contributed by atoms with E-state index in [0.29, 0.717) is 17.9 Å². The molecule has 1 aromatic rings. The Bertz CT molecular complexity index is 797. The first kappa shape index (κ1) is 20.4. The van der Waals surface area contributed by atoms with E-state index in [1.807, 2.05) is 18.9 Å². The maximum atomic E-state index is 13.0. The van der Waals surface area contributed by atoms with Crippen molar-refractivity contribution in [2.24, 2.45) is 0 Å². The molecule has 1 saturated carbocycles. The quantitative estimate of drug-likeness (QED) is 0.532. The van der Waals surface area contributed by atoms with Crippen molar-refractivity contribution < 1.29 is 19.1 Å². The first-order valence-corrected chi connectivity index (χ1v) is 10.1. The lowest BCUT2D eigenvalue weighted by molar-refractivity contribution is -0.121. The smallest absolute Gasteiger partial charge is 0.338 e. The summed E-state index contributed by atoms with van der Waals surface area (Å²) >= 11 is 6.27. The zero-order valence-electron chi connectivity index (χ0n) is 16.2. The number of halogens is 1. The van der Waals surface area contributed by atoms with Crippen LogP contribution in [-0.2, 0) is 14.3 Å². The van der Waals surface area contributed by atoms with E-state index in [2.05, 4.69) is 0 Å². The zero-order chi connectivity index (χ0) is 20.3. The van der Waals surface area contributed by atoms with Crippen LogP contribution in [0, 0.1) is 0 Å². The number of carbonyl (C=O) groups excluding carboxylic acids is 3. The van der Waals surface area contributed by atoms with Crippen molar-refractivity contribution >= 4 is 35.1 Å². The summed E-state index contributed by atoms with van der Waals surface area (Å²) in [6.45, 7) is 2.26. The highest BCUT2D eigenvalue weighted by Crippen LogP contribution is 2.34. The lowest BCUT2D eigenvalue weighted by atomic mass is 9.94. The Morgan fingerprint density at radius 3 is 2.39 bits per heavy atom. The van der Waals surface area contributed by atoms with Gasteiger partial charge in [-0.15, -0.1) is 0 Å². The van der Waals surface area contributed by atoms with Gasteiger partial charge in [-0.2, -0.15) is 0 Å². The van der Waals surface area contributed by atoms with Gasteiger partial charge in [-0.1, -0.05) is 37.8 Å². The van der Waals surface area contributed by atoms with Crippen LogP contribution in [0.1, 0.15) is 55.8 Å². The Hall–Kier alpha value is -2.34. The van der Waals surface area contributed by atoms with E-state index in [1.54, 1.807) is 24.3 Å². The number of likely N-dealkylation sites (N-methyl/N-ethyl adjacent to an activating group) is 1. The molecule has 0 atom stereocenters. The monoisotopic (exact) mass is 404 g/mol. The Balaban J connectivity index is 1.78. The van der Waals surface area contributed by atoms with Gasteiger partial charge in [0.25, 0.3) is 11.8 Å². The molecule has 2 aliphatic rings. The molecule has 0 unspecified atom stereocenters. The van der Waals surface area contributed by atoms with Gasteiger partial charge >= 0.3 is 5.97 Å². The van der Waals surface area contributed by atoms with Crippen molar-refractivity contribution in [1.29, 1.82) is 0 Å². The van der Waals surface area contributed by atoms with Crippen LogP contribution in [0.4, 0.5) is 5.69 Å². The largest absolute Gasteiger partial charge is 0.462 e. The second kappa shape index (κ2) is 8.78. The molecule has 0 aromatic heterocycles. The van der Waals surface area contributed by atoms with Crippen molar-refractivity contribution in [2.75, 3.05) is 18.6 Å². The molecule has 1 aliphatic carbocycles. The standard InChI is InChI=1S/C21H25ClN2O4/c1-3-13-28-21(27)14-9-11-16(12-10-14)24-19(25)17(22)18(20(24)26)23(2)15-7-5-4-6-8-15/h9-12,15H,3-8,13H2,1-2H3. The van der Waals surface area contributed by atoms with Gasteiger partial charge in [-0.25, -0.2) is 9.69 Å². The molecule has 6 nitrogen and oxygen atoms in total. The minimum absolute atomic E-state index is 0.0514. The predicted molar refractivity (Wildman–Crippen MR) is 107 cm³/mol. The number of imide groups is 1. The van der Waals surface area contributed by atoms with Crippen LogP contribution in [-0.4, -0.2) is 42.4 Å². The minimum atomic E-state index is -0.536. The zero-order valence-corrected chi connectivity index (χ0v) is 17.0. The first-order valence-electron chi connectivity index (χ1n) is 9.74. The summed E-state index contributed by atoms with van der Waals surface area (Å²) in [6.07, 6.45) is 6.13. The summed E-state index contributed by atoms with van der Waals surface area (Å²) in [4.78, 5) is 40.5. The van der Waals surface area contributed by atoms with E-state index >= 15 is 0 Å². The van der Waals surface area contributed by atoms with Crippen molar-refractivity contribution in [1.82, 2.24) is 4.90 Å². The summed E-state index contributed by atoms with van der Waals surface area (Å²) < 4.78 is 5.10. The number of carbonyl (C=O) groups is 3. The predicted octanol–water partition coefficient (Wildman–Crippen LogP) is 3.84. The van der Waals surface area contributed by atoms with E-state index in [0.717, 1.165) is 37.0 Å². The Labute approximate surface area is 170 Å². The molecule has 28 heavy (non-hydrogen) atoms. The fraction of sp³-hybridized carbons (Fsp3) is 0.476. The Kier molecular flexibility index (Phi) is 6.39. The van der Waals surface area contributed by atoms with Gasteiger partial charge in [-0.3, -0.25) is 9.59 Å². The maximum Gasteiger partial charge on any atom is 0.338 e. The van der Waals surface area contributed by atoms with E-state index in [1.165, 1.54) is 6.42 Å². The number of anilines is 1. The van der Waals surface area contributed by atoms with Crippen molar-refractivity contribution in [3.63, 3.8) is 0 Å². The highest BCUT2D eigenvalue weighted by molar-refractivity contribution is 6.52. The molecule has 1 fully saturated rings. The lowest BCUT2D eigenvalue weighted by Gasteiger charge is -2.33. The molecule has 0 spiro atoms. The number of amides is 2. The van der Waals surface area contributed by atoms with Crippen LogP contribution in [0.3, 0.4) is 0 Å². The van der Waals surface area contributed by atoms with Crippen LogP contribution in [0.5, 0.6) is 0 Å². The third kappa shape index (κ3) is 3.92. The van der Waals surface area contributed by atoms with Gasteiger partial charge in [0, 0.05) is 13.1 Å². The Morgan fingerprint density at radius 2 is 1.79 bits per heavy atom. The van der Waals surface area contributed by atoms with E-state index in [4.69, 9.17) is 16.3 Å². The number of nitrogens with zero attached hydrogens (tertiary/aromatic N) is 2. The SMILES string of the molecule is CCCOC(=O)c1ccc(N2C(=O)C(Cl)=C(N(C)C3CCCCC3)C2=O)cc1. The average Bonchev–Trinajstić information content (AvgIpc) is 2.95. The molecular formula is C21H25ClN2O4. The van der Waals surface area contributed by atoms with Crippen LogP contribution < -0.4 is 4.90 Å². The fourth-order valence-electron chi connectivity index (χ4n) is 3.71. The summed E-state index contributed by atoms with van der Waals surface area (Å²) in [6, 6.07) is 6.43. The first-order chi connectivity index (χ1) is 13.5. The summed E-state index contributed by atoms with van der Waals surface area (Å²) in [5.74, 6) is -1.39. The highest BCUT2D eigenvalue weighted by atomic mass is 35.5. The average molecular weight is 405 g/mol. The van der Waals surface area contributed by atoms with E-state index in [-0.39, 0.29) is 16.8 Å². The molecule has 7 heteroatoms. The molecular weight excluding hydrogens is 380 g/mol. The van der Waals surface area contributed by atoms with Gasteiger partial charge in [0.15, 0.2) is 0 Å². The van der Waals surface area contributed by atoms with Gasteiger partial charge in [-0.05, 0) is 43.5 Å². The normalized spacial score (nSPS) is 18.0. The minimum Gasteiger partial charge on any atom is -0.462 e. The molecule has 150 valence electrons. The van der Waals surface area contributed by atoms with Crippen LogP contribution in [0.15, 0.2) is 35.0 Å². The number of ether oxygens (including phenoxy) is 1. The molecule has 2 amide bonds. The molecule has 1 heterocycles. The van der Waals surface area contributed by atoms with Crippen molar-refractivity contribution in [3.05, 3.63) is 40.6 Å². The number of hydrogen-bond donors (Lipinski definition) is 0. The number of esters is 1. The Morgan fingerprint density at radius 1 is 1.14 bits per heavy atom. The number of benzene rings is 1. The fourth-order valence-corrected chi connectivity index (χ4v) is 4.01. The molecule has 0 saturated heterocycles. The van der Waals surface area contributed by atoms with Gasteiger partial charge in [0.2, 0.25) is 0 Å². The molecule has 3 rings (SSSR count). The summed E-state index contributed by atoms with van der Waals surface area (Å²) in [7, 11) is 1.83. The third-order valence-electron chi connectivity index (χ3n) is 5.28. The molecule has 0 radical (unpaired) electrons. The van der Waals surface area contributed by atoms with E-state index < -0.39 is 17.8 Å². The topological polar surface area (TPSA) is 66.9 Å². The second-order valence-corrected chi connectivity index (χ2v) is 7.57. The molecule has 0 N–H and O–H groups in total. The van der Waals surface area contributed by atoms with Crippen LogP contribution >= 0.6 is 11.6 Å². The number of hydrogen-bond acceptors (Lipinski definition) is 5. The maximum absolute atomic E-state index is 13.0. The second-order valence-electron chi connectivity index (χ2n) is 7.19. The van der Waals surface area contributed by atoms with Crippen LogP contribution in [0.25, 0.3) is 0 Å². The third-order valence-corrected chi connectivity index (χ3v) is 5.62. The van der Waals surface area contributed by atoms with Crippen molar-refractivity contribution in [2.45, 2.75) is 51.5 Å². The summed E-state index contributed by atoms with van der Waals surface area (Å²) in [5.41, 5.74) is 1.01. The van der Waals surface area contributed by atoms with Crippen LogP contribution in [0.2, 0.25) is 0 Å².